The van der Waals surface area contributed by atoms with Crippen LogP contribution in [0.2, 0.25) is 0 Å². The predicted octanol–water partition coefficient (Wildman–Crippen LogP) is 4.64. The average molecular weight is 309 g/mol. The largest absolute Gasteiger partial charge is 0.328 e. The Morgan fingerprint density at radius 1 is 1.24 bits per heavy atom. The Labute approximate surface area is 130 Å². The molecule has 1 saturated carbocycles. The van der Waals surface area contributed by atoms with E-state index in [0.29, 0.717) is 34.6 Å². The standard InChI is InChI=1S/C17H22ClFN2/c1-16(2)13(17(16,3)4)10-21-12-7-5-6-11(19)15(12)20-14(21)8-9-18/h5-7,13H,8-10H2,1-4H3. The van der Waals surface area contributed by atoms with Crippen molar-refractivity contribution in [3.05, 3.63) is 29.8 Å². The van der Waals surface area contributed by atoms with Crippen molar-refractivity contribution in [2.24, 2.45) is 16.7 Å². The number of halogens is 2. The quantitative estimate of drug-likeness (QED) is 0.752. The molecule has 4 heteroatoms. The van der Waals surface area contributed by atoms with Gasteiger partial charge in [0.1, 0.15) is 11.3 Å². The zero-order chi connectivity index (χ0) is 15.4. The van der Waals surface area contributed by atoms with Gasteiger partial charge in [0, 0.05) is 18.8 Å². The Hall–Kier alpha value is -1.09. The molecular formula is C17H22ClFN2. The number of benzene rings is 1. The first-order valence-corrected chi connectivity index (χ1v) is 8.03. The number of aromatic nitrogens is 2. The summed E-state index contributed by atoms with van der Waals surface area (Å²) in [6, 6.07) is 5.17. The lowest BCUT2D eigenvalue weighted by atomic mass is 10.0. The molecule has 2 nitrogen and oxygen atoms in total. The average Bonchev–Trinajstić information content (AvgIpc) is 2.71. The molecular weight excluding hydrogens is 287 g/mol. The van der Waals surface area contributed by atoms with E-state index in [1.54, 1.807) is 6.07 Å². The third-order valence-electron chi connectivity index (χ3n) is 5.81. The fourth-order valence-electron chi connectivity index (χ4n) is 3.61. The van der Waals surface area contributed by atoms with E-state index < -0.39 is 0 Å². The second-order valence-electron chi connectivity index (χ2n) is 7.18. The van der Waals surface area contributed by atoms with E-state index in [9.17, 15) is 4.39 Å². The van der Waals surface area contributed by atoms with Crippen molar-refractivity contribution in [2.45, 2.75) is 40.7 Å². The van der Waals surface area contributed by atoms with Gasteiger partial charge < -0.3 is 4.57 Å². The smallest absolute Gasteiger partial charge is 0.151 e. The number of hydrogen-bond donors (Lipinski definition) is 0. The van der Waals surface area contributed by atoms with Gasteiger partial charge in [-0.05, 0) is 28.9 Å². The van der Waals surface area contributed by atoms with Gasteiger partial charge in [0.2, 0.25) is 0 Å². The number of nitrogens with zero attached hydrogens (tertiary/aromatic N) is 2. The van der Waals surface area contributed by atoms with E-state index >= 15 is 0 Å². The molecule has 0 unspecified atom stereocenters. The molecule has 1 heterocycles. The molecule has 21 heavy (non-hydrogen) atoms. The fourth-order valence-corrected chi connectivity index (χ4v) is 3.78. The van der Waals surface area contributed by atoms with Crippen molar-refractivity contribution in [3.63, 3.8) is 0 Å². The van der Waals surface area contributed by atoms with Gasteiger partial charge in [-0.15, -0.1) is 11.6 Å². The van der Waals surface area contributed by atoms with Crippen LogP contribution in [0, 0.1) is 22.6 Å². The van der Waals surface area contributed by atoms with Crippen LogP contribution in [0.1, 0.15) is 33.5 Å². The molecule has 0 amide bonds. The molecule has 1 fully saturated rings. The number of aryl methyl sites for hydroxylation is 1. The molecule has 0 atom stereocenters. The van der Waals surface area contributed by atoms with Crippen molar-refractivity contribution in [3.8, 4) is 0 Å². The predicted molar refractivity (Wildman–Crippen MR) is 85.2 cm³/mol. The highest BCUT2D eigenvalue weighted by atomic mass is 35.5. The third-order valence-corrected chi connectivity index (χ3v) is 6.00. The summed E-state index contributed by atoms with van der Waals surface area (Å²) in [5, 5.41) is 0. The fraction of sp³-hybridized carbons (Fsp3) is 0.588. The molecule has 0 saturated heterocycles. The summed E-state index contributed by atoms with van der Waals surface area (Å²) >= 11 is 5.89. The monoisotopic (exact) mass is 308 g/mol. The molecule has 2 aromatic rings. The highest BCUT2D eigenvalue weighted by molar-refractivity contribution is 6.17. The van der Waals surface area contributed by atoms with Gasteiger partial charge in [0.05, 0.1) is 5.52 Å². The minimum absolute atomic E-state index is 0.253. The van der Waals surface area contributed by atoms with Crippen LogP contribution in [-0.4, -0.2) is 15.4 Å². The van der Waals surface area contributed by atoms with Gasteiger partial charge in [-0.1, -0.05) is 33.8 Å². The van der Waals surface area contributed by atoms with Gasteiger partial charge in [-0.3, -0.25) is 0 Å². The molecule has 1 aliphatic carbocycles. The number of imidazole rings is 1. The summed E-state index contributed by atoms with van der Waals surface area (Å²) in [5.74, 6) is 1.71. The number of fused-ring (bicyclic) bond motifs is 1. The SMILES string of the molecule is CC1(C)C(Cn2c(CCCl)nc3c(F)cccc32)C1(C)C. The molecule has 114 valence electrons. The first kappa shape index (κ1) is 14.8. The van der Waals surface area contributed by atoms with E-state index in [2.05, 4.69) is 37.2 Å². The third kappa shape index (κ3) is 2.09. The number of alkyl halides is 1. The normalized spacial score (nSPS) is 20.1. The Kier molecular flexibility index (Phi) is 3.32. The van der Waals surface area contributed by atoms with Crippen molar-refractivity contribution in [1.29, 1.82) is 0 Å². The summed E-state index contributed by atoms with van der Waals surface area (Å²) < 4.78 is 16.1. The lowest BCUT2D eigenvalue weighted by Crippen LogP contribution is -2.09. The maximum atomic E-state index is 14.0. The lowest BCUT2D eigenvalue weighted by Gasteiger charge is -2.10. The van der Waals surface area contributed by atoms with Crippen LogP contribution in [0.15, 0.2) is 18.2 Å². The summed E-state index contributed by atoms with van der Waals surface area (Å²) in [7, 11) is 0. The Morgan fingerprint density at radius 2 is 1.90 bits per heavy atom. The molecule has 0 radical (unpaired) electrons. The maximum Gasteiger partial charge on any atom is 0.151 e. The van der Waals surface area contributed by atoms with Gasteiger partial charge in [-0.2, -0.15) is 0 Å². The Balaban J connectivity index is 2.05. The van der Waals surface area contributed by atoms with Crippen molar-refractivity contribution < 1.29 is 4.39 Å². The topological polar surface area (TPSA) is 17.8 Å². The van der Waals surface area contributed by atoms with E-state index in [4.69, 9.17) is 11.6 Å². The number of hydrogen-bond acceptors (Lipinski definition) is 1. The minimum Gasteiger partial charge on any atom is -0.328 e. The van der Waals surface area contributed by atoms with Crippen LogP contribution < -0.4 is 0 Å². The highest BCUT2D eigenvalue weighted by Gasteiger charge is 2.64. The van der Waals surface area contributed by atoms with E-state index in [1.165, 1.54) is 6.07 Å². The molecule has 0 aliphatic heterocycles. The highest BCUT2D eigenvalue weighted by Crippen LogP contribution is 2.69. The molecule has 1 aliphatic rings. The van der Waals surface area contributed by atoms with Crippen LogP contribution in [0.5, 0.6) is 0 Å². The molecule has 3 rings (SSSR count). The minimum atomic E-state index is -0.253. The van der Waals surface area contributed by atoms with Gasteiger partial charge in [0.25, 0.3) is 0 Å². The number of rotatable bonds is 4. The summed E-state index contributed by atoms with van der Waals surface area (Å²) in [6.45, 7) is 10.1. The van der Waals surface area contributed by atoms with E-state index in [-0.39, 0.29) is 5.82 Å². The van der Waals surface area contributed by atoms with Crippen molar-refractivity contribution in [2.75, 3.05) is 5.88 Å². The van der Waals surface area contributed by atoms with Crippen LogP contribution in [-0.2, 0) is 13.0 Å². The second-order valence-corrected chi connectivity index (χ2v) is 7.56. The summed E-state index contributed by atoms with van der Waals surface area (Å²) in [6.07, 6.45) is 0.670. The Bertz CT molecular complexity index is 673. The molecule has 0 N–H and O–H groups in total. The van der Waals surface area contributed by atoms with Gasteiger partial charge in [-0.25, -0.2) is 9.37 Å². The van der Waals surface area contributed by atoms with Crippen LogP contribution in [0.25, 0.3) is 11.0 Å². The molecule has 1 aromatic carbocycles. The van der Waals surface area contributed by atoms with E-state index in [1.807, 2.05) is 6.07 Å². The lowest BCUT2D eigenvalue weighted by molar-refractivity contribution is 0.457. The van der Waals surface area contributed by atoms with Crippen LogP contribution >= 0.6 is 11.6 Å². The van der Waals surface area contributed by atoms with Crippen molar-refractivity contribution >= 4 is 22.6 Å². The zero-order valence-corrected chi connectivity index (χ0v) is 13.8. The zero-order valence-electron chi connectivity index (χ0n) is 13.1. The van der Waals surface area contributed by atoms with Crippen LogP contribution in [0.4, 0.5) is 4.39 Å². The first-order chi connectivity index (χ1) is 9.80. The molecule has 1 aromatic heterocycles. The Morgan fingerprint density at radius 3 is 2.48 bits per heavy atom. The summed E-state index contributed by atoms with van der Waals surface area (Å²) in [4.78, 5) is 4.48. The van der Waals surface area contributed by atoms with Gasteiger partial charge in [0.15, 0.2) is 5.82 Å². The first-order valence-electron chi connectivity index (χ1n) is 7.50. The molecule has 0 bridgehead atoms. The molecule has 0 spiro atoms. The van der Waals surface area contributed by atoms with Gasteiger partial charge >= 0.3 is 0 Å². The number of para-hydroxylation sites is 1. The summed E-state index contributed by atoms with van der Waals surface area (Å²) in [5.41, 5.74) is 1.95. The van der Waals surface area contributed by atoms with Crippen LogP contribution in [0.3, 0.4) is 0 Å². The van der Waals surface area contributed by atoms with E-state index in [0.717, 1.165) is 17.9 Å². The van der Waals surface area contributed by atoms with Crippen molar-refractivity contribution in [1.82, 2.24) is 9.55 Å². The second kappa shape index (κ2) is 4.70. The maximum absolute atomic E-state index is 14.0.